The zero-order valence-electron chi connectivity index (χ0n) is 11.2. The summed E-state index contributed by atoms with van der Waals surface area (Å²) in [5.41, 5.74) is 14.2. The van der Waals surface area contributed by atoms with Crippen molar-refractivity contribution in [3.8, 4) is 5.75 Å². The smallest absolute Gasteiger partial charge is 0.198 e. The third-order valence-electron chi connectivity index (χ3n) is 3.05. The van der Waals surface area contributed by atoms with E-state index in [-0.39, 0.29) is 5.78 Å². The lowest BCUT2D eigenvalue weighted by atomic mass is 9.99. The Labute approximate surface area is 125 Å². The van der Waals surface area contributed by atoms with Gasteiger partial charge in [-0.3, -0.25) is 4.79 Å². The molecule has 20 heavy (non-hydrogen) atoms. The molecule has 0 radical (unpaired) electrons. The molecule has 0 aliphatic carbocycles. The fourth-order valence-electron chi connectivity index (χ4n) is 1.93. The molecule has 104 valence electrons. The number of rotatable bonds is 3. The zero-order valence-corrected chi connectivity index (χ0v) is 12.8. The lowest BCUT2D eigenvalue weighted by Gasteiger charge is -2.12. The van der Waals surface area contributed by atoms with Crippen molar-refractivity contribution in [3.05, 3.63) is 51.5 Å². The van der Waals surface area contributed by atoms with Crippen molar-refractivity contribution in [2.45, 2.75) is 6.92 Å². The SMILES string of the molecule is COc1cc(C)c(Br)cc1C(=O)c1ccc(N)cc1N. The summed E-state index contributed by atoms with van der Waals surface area (Å²) in [6.07, 6.45) is 0. The van der Waals surface area contributed by atoms with E-state index in [0.717, 1.165) is 10.0 Å². The minimum Gasteiger partial charge on any atom is -0.496 e. The Morgan fingerprint density at radius 3 is 2.45 bits per heavy atom. The summed E-state index contributed by atoms with van der Waals surface area (Å²) in [6.45, 7) is 1.93. The van der Waals surface area contributed by atoms with Crippen molar-refractivity contribution >= 4 is 33.1 Å². The van der Waals surface area contributed by atoms with E-state index in [1.807, 2.05) is 13.0 Å². The Kier molecular flexibility index (Phi) is 3.99. The normalized spacial score (nSPS) is 10.3. The highest BCUT2D eigenvalue weighted by molar-refractivity contribution is 9.10. The topological polar surface area (TPSA) is 78.3 Å². The van der Waals surface area contributed by atoms with Crippen LogP contribution in [0.3, 0.4) is 0 Å². The largest absolute Gasteiger partial charge is 0.496 e. The molecule has 0 bridgehead atoms. The van der Waals surface area contributed by atoms with Crippen molar-refractivity contribution in [2.75, 3.05) is 18.6 Å². The van der Waals surface area contributed by atoms with Gasteiger partial charge in [-0.05, 0) is 42.8 Å². The van der Waals surface area contributed by atoms with Gasteiger partial charge < -0.3 is 16.2 Å². The average Bonchev–Trinajstić information content (AvgIpc) is 2.40. The number of ether oxygens (including phenoxy) is 1. The number of carbonyl (C=O) groups excluding carboxylic acids is 1. The van der Waals surface area contributed by atoms with E-state index in [1.165, 1.54) is 7.11 Å². The number of carbonyl (C=O) groups is 1. The number of benzene rings is 2. The molecule has 0 spiro atoms. The van der Waals surface area contributed by atoms with E-state index in [9.17, 15) is 4.79 Å². The number of hydrogen-bond donors (Lipinski definition) is 2. The van der Waals surface area contributed by atoms with Crippen LogP contribution in [0.4, 0.5) is 11.4 Å². The van der Waals surface area contributed by atoms with Crippen LogP contribution in [0.2, 0.25) is 0 Å². The number of hydrogen-bond acceptors (Lipinski definition) is 4. The first-order chi connectivity index (χ1) is 9.43. The van der Waals surface area contributed by atoms with Crippen LogP contribution >= 0.6 is 15.9 Å². The van der Waals surface area contributed by atoms with Gasteiger partial charge in [-0.2, -0.15) is 0 Å². The van der Waals surface area contributed by atoms with Crippen LogP contribution in [-0.2, 0) is 0 Å². The Morgan fingerprint density at radius 1 is 1.15 bits per heavy atom. The van der Waals surface area contributed by atoms with Crippen LogP contribution in [0.5, 0.6) is 5.75 Å². The van der Waals surface area contributed by atoms with Crippen LogP contribution in [-0.4, -0.2) is 12.9 Å². The van der Waals surface area contributed by atoms with Crippen LogP contribution in [0.25, 0.3) is 0 Å². The van der Waals surface area contributed by atoms with E-state index in [4.69, 9.17) is 16.2 Å². The van der Waals surface area contributed by atoms with Crippen molar-refractivity contribution in [3.63, 3.8) is 0 Å². The van der Waals surface area contributed by atoms with Gasteiger partial charge in [-0.15, -0.1) is 0 Å². The molecule has 5 heteroatoms. The Hall–Kier alpha value is -2.01. The molecule has 0 saturated heterocycles. The number of nitrogens with two attached hydrogens (primary N) is 2. The van der Waals surface area contributed by atoms with Gasteiger partial charge in [0, 0.05) is 21.4 Å². The molecule has 0 aliphatic heterocycles. The van der Waals surface area contributed by atoms with Crippen LogP contribution in [0.15, 0.2) is 34.8 Å². The first kappa shape index (κ1) is 14.4. The summed E-state index contributed by atoms with van der Waals surface area (Å²) in [6, 6.07) is 8.40. The average molecular weight is 335 g/mol. The van der Waals surface area contributed by atoms with Gasteiger partial charge in [0.25, 0.3) is 0 Å². The van der Waals surface area contributed by atoms with Crippen molar-refractivity contribution < 1.29 is 9.53 Å². The highest BCUT2D eigenvalue weighted by Gasteiger charge is 2.18. The third-order valence-corrected chi connectivity index (χ3v) is 3.90. The van der Waals surface area contributed by atoms with E-state index in [1.54, 1.807) is 24.3 Å². The molecule has 4 N–H and O–H groups in total. The fourth-order valence-corrected chi connectivity index (χ4v) is 2.28. The van der Waals surface area contributed by atoms with Crippen LogP contribution in [0.1, 0.15) is 21.5 Å². The minimum atomic E-state index is -0.194. The predicted octanol–water partition coefficient (Wildman–Crippen LogP) is 3.16. The van der Waals surface area contributed by atoms with E-state index in [2.05, 4.69) is 15.9 Å². The molecule has 2 aromatic carbocycles. The molecule has 0 amide bonds. The first-order valence-corrected chi connectivity index (χ1v) is 6.77. The predicted molar refractivity (Wildman–Crippen MR) is 84.1 cm³/mol. The molecule has 2 rings (SSSR count). The molecule has 0 aliphatic rings. The maximum Gasteiger partial charge on any atom is 0.198 e. The van der Waals surface area contributed by atoms with Gasteiger partial charge in [0.15, 0.2) is 5.78 Å². The van der Waals surface area contributed by atoms with E-state index in [0.29, 0.717) is 28.3 Å². The quantitative estimate of drug-likeness (QED) is 0.667. The Morgan fingerprint density at radius 2 is 1.85 bits per heavy atom. The van der Waals surface area contributed by atoms with Gasteiger partial charge in [-0.25, -0.2) is 0 Å². The summed E-state index contributed by atoms with van der Waals surface area (Å²) >= 11 is 3.42. The number of nitrogen functional groups attached to an aromatic ring is 2. The van der Waals surface area contributed by atoms with Gasteiger partial charge >= 0.3 is 0 Å². The molecule has 2 aromatic rings. The zero-order chi connectivity index (χ0) is 14.9. The number of ketones is 1. The lowest BCUT2D eigenvalue weighted by molar-refractivity contribution is 0.103. The number of aryl methyl sites for hydroxylation is 1. The monoisotopic (exact) mass is 334 g/mol. The van der Waals surface area contributed by atoms with Crippen LogP contribution in [0, 0.1) is 6.92 Å². The molecule has 4 nitrogen and oxygen atoms in total. The summed E-state index contributed by atoms with van der Waals surface area (Å²) in [7, 11) is 1.53. The fraction of sp³-hybridized carbons (Fsp3) is 0.133. The molecular formula is C15H15BrN2O2. The molecule has 0 heterocycles. The van der Waals surface area contributed by atoms with Crippen LogP contribution < -0.4 is 16.2 Å². The lowest BCUT2D eigenvalue weighted by Crippen LogP contribution is -2.08. The van der Waals surface area contributed by atoms with Crippen molar-refractivity contribution in [1.29, 1.82) is 0 Å². The Bertz CT molecular complexity index is 684. The summed E-state index contributed by atoms with van der Waals surface area (Å²) in [5, 5.41) is 0. The third kappa shape index (κ3) is 2.63. The van der Waals surface area contributed by atoms with Gasteiger partial charge in [0.1, 0.15) is 5.75 Å². The second-order valence-electron chi connectivity index (χ2n) is 4.48. The first-order valence-electron chi connectivity index (χ1n) is 5.98. The number of halogens is 1. The summed E-state index contributed by atoms with van der Waals surface area (Å²) in [4.78, 5) is 12.6. The number of anilines is 2. The second-order valence-corrected chi connectivity index (χ2v) is 5.33. The van der Waals surface area contributed by atoms with Gasteiger partial charge in [-0.1, -0.05) is 15.9 Å². The number of methoxy groups -OCH3 is 1. The molecule has 0 unspecified atom stereocenters. The standard InChI is InChI=1S/C15H15BrN2O2/c1-8-5-14(20-2)11(7-12(8)16)15(19)10-4-3-9(17)6-13(10)18/h3-7H,17-18H2,1-2H3. The maximum absolute atomic E-state index is 12.6. The summed E-state index contributed by atoms with van der Waals surface area (Å²) < 4.78 is 6.12. The minimum absolute atomic E-state index is 0.194. The van der Waals surface area contributed by atoms with Crippen molar-refractivity contribution in [2.24, 2.45) is 0 Å². The molecule has 0 fully saturated rings. The van der Waals surface area contributed by atoms with Gasteiger partial charge in [0.05, 0.1) is 12.7 Å². The molecule has 0 atom stereocenters. The van der Waals surface area contributed by atoms with Gasteiger partial charge in [0.2, 0.25) is 0 Å². The van der Waals surface area contributed by atoms with Crippen molar-refractivity contribution in [1.82, 2.24) is 0 Å². The highest BCUT2D eigenvalue weighted by atomic mass is 79.9. The highest BCUT2D eigenvalue weighted by Crippen LogP contribution is 2.30. The maximum atomic E-state index is 12.6. The Balaban J connectivity index is 2.55. The molecule has 0 saturated carbocycles. The second kappa shape index (κ2) is 5.54. The molecular weight excluding hydrogens is 320 g/mol. The summed E-state index contributed by atoms with van der Waals surface area (Å²) in [5.74, 6) is 0.326. The van der Waals surface area contributed by atoms with E-state index >= 15 is 0 Å². The van der Waals surface area contributed by atoms with E-state index < -0.39 is 0 Å². The molecule has 0 aromatic heterocycles.